The van der Waals surface area contributed by atoms with Crippen molar-refractivity contribution in [1.82, 2.24) is 9.80 Å². The van der Waals surface area contributed by atoms with Gasteiger partial charge in [0.05, 0.1) is 25.7 Å². The fourth-order valence-electron chi connectivity index (χ4n) is 3.83. The summed E-state index contributed by atoms with van der Waals surface area (Å²) in [5.41, 5.74) is 0. The van der Waals surface area contributed by atoms with E-state index in [1.807, 2.05) is 0 Å². The molecule has 22 heavy (non-hydrogen) atoms. The number of rotatable bonds is 4. The Balaban J connectivity index is 1.35. The van der Waals surface area contributed by atoms with E-state index in [0.29, 0.717) is 12.5 Å². The third-order valence-corrected chi connectivity index (χ3v) is 5.39. The van der Waals surface area contributed by atoms with Gasteiger partial charge < -0.3 is 14.4 Å². The fourth-order valence-corrected chi connectivity index (χ4v) is 3.83. The van der Waals surface area contributed by atoms with Crippen LogP contribution >= 0.6 is 0 Å². The average molecular weight is 310 g/mol. The minimum Gasteiger partial charge on any atom is -0.381 e. The van der Waals surface area contributed by atoms with Gasteiger partial charge in [0.2, 0.25) is 5.91 Å². The molecular formula is C17H30N2O3. The Bertz CT molecular complexity index is 344. The van der Waals surface area contributed by atoms with Crippen LogP contribution < -0.4 is 0 Å². The van der Waals surface area contributed by atoms with Crippen LogP contribution in [0.4, 0.5) is 0 Å². The summed E-state index contributed by atoms with van der Waals surface area (Å²) in [5.74, 6) is 1.25. The molecule has 3 aliphatic heterocycles. The summed E-state index contributed by atoms with van der Waals surface area (Å²) in [6, 6.07) is 0. The fraction of sp³-hybridized carbons (Fsp3) is 0.941. The number of amides is 1. The number of ether oxygens (including phenoxy) is 2. The molecule has 1 amide bonds. The Hall–Kier alpha value is -0.650. The van der Waals surface area contributed by atoms with Gasteiger partial charge in [-0.25, -0.2) is 0 Å². The first kappa shape index (κ1) is 16.2. The molecule has 0 aromatic rings. The van der Waals surface area contributed by atoms with Crippen molar-refractivity contribution in [3.8, 4) is 0 Å². The smallest absolute Gasteiger partial charge is 0.228 e. The Morgan fingerprint density at radius 3 is 2.41 bits per heavy atom. The third kappa shape index (κ3) is 4.43. The number of piperidine rings is 1. The summed E-state index contributed by atoms with van der Waals surface area (Å²) in [6.45, 7) is 8.48. The lowest BCUT2D eigenvalue weighted by Gasteiger charge is -2.36. The molecule has 0 N–H and O–H groups in total. The molecule has 3 saturated heterocycles. The Kier molecular flexibility index (Phi) is 6.10. The zero-order valence-corrected chi connectivity index (χ0v) is 13.7. The average Bonchev–Trinajstić information content (AvgIpc) is 2.61. The predicted octanol–water partition coefficient (Wildman–Crippen LogP) is 1.37. The van der Waals surface area contributed by atoms with E-state index < -0.39 is 0 Å². The standard InChI is InChI=1S/C17H30N2O3/c20-17(16-2-1-11-22-14-16)19-7-4-15(5-8-19)3-6-18-9-12-21-13-10-18/h15-16H,1-14H2/t16-/m1/s1. The van der Waals surface area contributed by atoms with Gasteiger partial charge in [-0.3, -0.25) is 9.69 Å². The molecule has 0 aromatic heterocycles. The van der Waals surface area contributed by atoms with E-state index in [1.165, 1.54) is 25.8 Å². The molecule has 1 atom stereocenters. The molecule has 0 aromatic carbocycles. The number of hydrogen-bond acceptors (Lipinski definition) is 4. The molecule has 0 aliphatic carbocycles. The van der Waals surface area contributed by atoms with Gasteiger partial charge >= 0.3 is 0 Å². The second-order valence-electron chi connectivity index (χ2n) is 6.93. The zero-order chi connectivity index (χ0) is 15.2. The molecule has 0 unspecified atom stereocenters. The van der Waals surface area contributed by atoms with Crippen LogP contribution in [0.1, 0.15) is 32.1 Å². The minimum absolute atomic E-state index is 0.124. The molecule has 5 heteroatoms. The van der Waals surface area contributed by atoms with Gasteiger partial charge in [0, 0.05) is 32.8 Å². The van der Waals surface area contributed by atoms with Gasteiger partial charge in [-0.15, -0.1) is 0 Å². The van der Waals surface area contributed by atoms with Gasteiger partial charge in [-0.2, -0.15) is 0 Å². The number of carbonyl (C=O) groups is 1. The number of hydrogen-bond donors (Lipinski definition) is 0. The first-order valence-electron chi connectivity index (χ1n) is 8.99. The second-order valence-corrected chi connectivity index (χ2v) is 6.93. The predicted molar refractivity (Wildman–Crippen MR) is 84.7 cm³/mol. The Morgan fingerprint density at radius 2 is 1.73 bits per heavy atom. The monoisotopic (exact) mass is 310 g/mol. The van der Waals surface area contributed by atoms with Crippen molar-refractivity contribution in [3.05, 3.63) is 0 Å². The maximum atomic E-state index is 12.5. The van der Waals surface area contributed by atoms with Crippen molar-refractivity contribution < 1.29 is 14.3 Å². The van der Waals surface area contributed by atoms with Gasteiger partial charge in [0.25, 0.3) is 0 Å². The molecular weight excluding hydrogens is 280 g/mol. The van der Waals surface area contributed by atoms with Gasteiger partial charge in [0.15, 0.2) is 0 Å². The third-order valence-electron chi connectivity index (χ3n) is 5.39. The molecule has 0 radical (unpaired) electrons. The normalized spacial score (nSPS) is 28.7. The molecule has 126 valence electrons. The summed E-state index contributed by atoms with van der Waals surface area (Å²) in [5, 5.41) is 0. The SMILES string of the molecule is O=C([C@@H]1CCCOC1)N1CCC(CCN2CCOCC2)CC1. The second kappa shape index (κ2) is 8.27. The highest BCUT2D eigenvalue weighted by atomic mass is 16.5. The molecule has 0 saturated carbocycles. The first-order valence-corrected chi connectivity index (χ1v) is 8.99. The van der Waals surface area contributed by atoms with E-state index in [4.69, 9.17) is 9.47 Å². The van der Waals surface area contributed by atoms with Crippen LogP contribution in [-0.4, -0.2) is 74.9 Å². The van der Waals surface area contributed by atoms with Crippen LogP contribution in [0.3, 0.4) is 0 Å². The van der Waals surface area contributed by atoms with Crippen LogP contribution in [0.15, 0.2) is 0 Å². The van der Waals surface area contributed by atoms with Crippen LogP contribution in [0, 0.1) is 11.8 Å². The highest BCUT2D eigenvalue weighted by Crippen LogP contribution is 2.24. The molecule has 3 heterocycles. The maximum absolute atomic E-state index is 12.5. The minimum atomic E-state index is 0.124. The highest BCUT2D eigenvalue weighted by molar-refractivity contribution is 5.79. The summed E-state index contributed by atoms with van der Waals surface area (Å²) >= 11 is 0. The van der Waals surface area contributed by atoms with Gasteiger partial charge in [-0.1, -0.05) is 0 Å². The lowest BCUT2D eigenvalue weighted by atomic mass is 9.91. The zero-order valence-electron chi connectivity index (χ0n) is 13.7. The van der Waals surface area contributed by atoms with Crippen molar-refractivity contribution in [2.24, 2.45) is 11.8 Å². The number of likely N-dealkylation sites (tertiary alicyclic amines) is 1. The van der Waals surface area contributed by atoms with Crippen LogP contribution in [0.5, 0.6) is 0 Å². The van der Waals surface area contributed by atoms with E-state index in [1.54, 1.807) is 0 Å². The summed E-state index contributed by atoms with van der Waals surface area (Å²) in [7, 11) is 0. The van der Waals surface area contributed by atoms with Crippen molar-refractivity contribution in [2.45, 2.75) is 32.1 Å². The van der Waals surface area contributed by atoms with Gasteiger partial charge in [-0.05, 0) is 44.6 Å². The topological polar surface area (TPSA) is 42.0 Å². The quantitative estimate of drug-likeness (QED) is 0.786. The van der Waals surface area contributed by atoms with Crippen LogP contribution in [0.25, 0.3) is 0 Å². The van der Waals surface area contributed by atoms with Crippen LogP contribution in [0.2, 0.25) is 0 Å². The largest absolute Gasteiger partial charge is 0.381 e. The van der Waals surface area contributed by atoms with Crippen molar-refractivity contribution in [2.75, 3.05) is 59.2 Å². The first-order chi connectivity index (χ1) is 10.8. The van der Waals surface area contributed by atoms with Crippen molar-refractivity contribution >= 4 is 5.91 Å². The Morgan fingerprint density at radius 1 is 0.955 bits per heavy atom. The van der Waals surface area contributed by atoms with E-state index in [-0.39, 0.29) is 5.92 Å². The summed E-state index contributed by atoms with van der Waals surface area (Å²) < 4.78 is 10.9. The summed E-state index contributed by atoms with van der Waals surface area (Å²) in [4.78, 5) is 17.1. The Labute approximate surface area is 133 Å². The van der Waals surface area contributed by atoms with E-state index in [9.17, 15) is 4.79 Å². The van der Waals surface area contributed by atoms with E-state index >= 15 is 0 Å². The number of morpholine rings is 1. The molecule has 0 bridgehead atoms. The van der Waals surface area contributed by atoms with Gasteiger partial charge in [0.1, 0.15) is 0 Å². The van der Waals surface area contributed by atoms with Crippen LogP contribution in [-0.2, 0) is 14.3 Å². The molecule has 3 fully saturated rings. The molecule has 3 rings (SSSR count). The van der Waals surface area contributed by atoms with E-state index in [0.717, 1.165) is 64.8 Å². The number of nitrogens with zero attached hydrogens (tertiary/aromatic N) is 2. The maximum Gasteiger partial charge on any atom is 0.228 e. The lowest BCUT2D eigenvalue weighted by molar-refractivity contribution is -0.141. The number of carbonyl (C=O) groups excluding carboxylic acids is 1. The van der Waals surface area contributed by atoms with Crippen molar-refractivity contribution in [1.29, 1.82) is 0 Å². The van der Waals surface area contributed by atoms with E-state index in [2.05, 4.69) is 9.80 Å². The molecule has 5 nitrogen and oxygen atoms in total. The molecule has 0 spiro atoms. The highest BCUT2D eigenvalue weighted by Gasteiger charge is 2.29. The van der Waals surface area contributed by atoms with Crippen molar-refractivity contribution in [3.63, 3.8) is 0 Å². The summed E-state index contributed by atoms with van der Waals surface area (Å²) in [6.07, 6.45) is 5.66. The molecule has 3 aliphatic rings. The lowest BCUT2D eigenvalue weighted by Crippen LogP contribution is -2.44.